The summed E-state index contributed by atoms with van der Waals surface area (Å²) < 4.78 is 0. The van der Waals surface area contributed by atoms with E-state index in [2.05, 4.69) is 47.3 Å². The van der Waals surface area contributed by atoms with E-state index in [0.717, 1.165) is 38.6 Å². The fraction of sp³-hybridized carbons (Fsp3) is 0.556. The van der Waals surface area contributed by atoms with Gasteiger partial charge in [-0.05, 0) is 42.9 Å². The summed E-state index contributed by atoms with van der Waals surface area (Å²) in [6.07, 6.45) is 9.44. The van der Waals surface area contributed by atoms with Crippen LogP contribution in [0.2, 0.25) is 0 Å². The zero-order valence-corrected chi connectivity index (χ0v) is 12.6. The van der Waals surface area contributed by atoms with Gasteiger partial charge in [0.2, 0.25) is 0 Å². The minimum Gasteiger partial charge on any atom is -0.313 e. The minimum absolute atomic E-state index is 0.757. The molecule has 1 aromatic carbocycles. The van der Waals surface area contributed by atoms with Gasteiger partial charge in [0.05, 0.1) is 6.54 Å². The second-order valence-corrected chi connectivity index (χ2v) is 5.76. The Morgan fingerprint density at radius 1 is 1.30 bits per heavy atom. The molecule has 1 saturated carbocycles. The predicted molar refractivity (Wildman–Crippen MR) is 85.3 cm³/mol. The van der Waals surface area contributed by atoms with Crippen LogP contribution in [0, 0.1) is 18.3 Å². The Kier molecular flexibility index (Phi) is 6.11. The third-order valence-corrected chi connectivity index (χ3v) is 3.78. The van der Waals surface area contributed by atoms with E-state index in [1.165, 1.54) is 30.4 Å². The second-order valence-electron chi connectivity index (χ2n) is 5.76. The van der Waals surface area contributed by atoms with Crippen LogP contribution in [0.15, 0.2) is 24.3 Å². The zero-order valence-electron chi connectivity index (χ0n) is 12.6. The van der Waals surface area contributed by atoms with Crippen molar-refractivity contribution in [2.24, 2.45) is 5.92 Å². The molecule has 2 heteroatoms. The molecule has 0 unspecified atom stereocenters. The summed E-state index contributed by atoms with van der Waals surface area (Å²) in [6, 6.07) is 8.71. The van der Waals surface area contributed by atoms with Gasteiger partial charge < -0.3 is 5.32 Å². The second kappa shape index (κ2) is 8.09. The van der Waals surface area contributed by atoms with Crippen molar-refractivity contribution in [2.45, 2.75) is 39.3 Å². The van der Waals surface area contributed by atoms with Crippen LogP contribution in [-0.4, -0.2) is 24.5 Å². The van der Waals surface area contributed by atoms with Crippen LogP contribution < -0.4 is 5.32 Å². The van der Waals surface area contributed by atoms with E-state index < -0.39 is 0 Å². The number of hydrogen-bond donors (Lipinski definition) is 1. The maximum Gasteiger partial charge on any atom is 0.0601 e. The average Bonchev–Trinajstić information content (AvgIpc) is 3.25. The monoisotopic (exact) mass is 270 g/mol. The summed E-state index contributed by atoms with van der Waals surface area (Å²) in [4.78, 5) is 2.41. The molecule has 0 heterocycles. The molecule has 20 heavy (non-hydrogen) atoms. The van der Waals surface area contributed by atoms with E-state index in [1.807, 2.05) is 0 Å². The fourth-order valence-corrected chi connectivity index (χ4v) is 2.50. The van der Waals surface area contributed by atoms with Crippen molar-refractivity contribution in [3.05, 3.63) is 35.4 Å². The molecule has 0 atom stereocenters. The van der Waals surface area contributed by atoms with Crippen molar-refractivity contribution in [1.29, 1.82) is 0 Å². The standard InChI is InChI=1S/C18H26N2/c1-3-11-19-13-17-7-5-6-8-18(17)15-20(12-4-2)14-16-9-10-16/h2,5-8,16,19H,3,9-15H2,1H3. The van der Waals surface area contributed by atoms with E-state index in [1.54, 1.807) is 0 Å². The minimum atomic E-state index is 0.757. The molecule has 1 N–H and O–H groups in total. The maximum atomic E-state index is 5.51. The van der Waals surface area contributed by atoms with Crippen LogP contribution in [0.3, 0.4) is 0 Å². The number of nitrogens with one attached hydrogen (secondary N) is 1. The van der Waals surface area contributed by atoms with Crippen LogP contribution in [0.25, 0.3) is 0 Å². The van der Waals surface area contributed by atoms with Gasteiger partial charge in [-0.1, -0.05) is 37.1 Å². The van der Waals surface area contributed by atoms with E-state index in [4.69, 9.17) is 6.42 Å². The van der Waals surface area contributed by atoms with Crippen LogP contribution in [0.4, 0.5) is 0 Å². The van der Waals surface area contributed by atoms with Gasteiger partial charge in [0.15, 0.2) is 0 Å². The smallest absolute Gasteiger partial charge is 0.0601 e. The van der Waals surface area contributed by atoms with E-state index in [0.29, 0.717) is 0 Å². The molecule has 2 nitrogen and oxygen atoms in total. The van der Waals surface area contributed by atoms with Crippen LogP contribution >= 0.6 is 0 Å². The van der Waals surface area contributed by atoms with Gasteiger partial charge in [0, 0.05) is 19.6 Å². The highest BCUT2D eigenvalue weighted by Crippen LogP contribution is 2.30. The van der Waals surface area contributed by atoms with Gasteiger partial charge >= 0.3 is 0 Å². The molecule has 108 valence electrons. The Bertz CT molecular complexity index is 443. The highest BCUT2D eigenvalue weighted by Gasteiger charge is 2.24. The van der Waals surface area contributed by atoms with Crippen molar-refractivity contribution in [1.82, 2.24) is 10.2 Å². The van der Waals surface area contributed by atoms with Crippen molar-refractivity contribution in [3.63, 3.8) is 0 Å². The van der Waals surface area contributed by atoms with Crippen molar-refractivity contribution < 1.29 is 0 Å². The molecule has 1 aliphatic carbocycles. The molecule has 0 radical (unpaired) electrons. The SMILES string of the molecule is C#CCN(Cc1ccccc1CNCCC)CC1CC1. The molecule has 0 amide bonds. The summed E-state index contributed by atoms with van der Waals surface area (Å²) in [7, 11) is 0. The Morgan fingerprint density at radius 3 is 2.70 bits per heavy atom. The quantitative estimate of drug-likeness (QED) is 0.548. The number of benzene rings is 1. The van der Waals surface area contributed by atoms with E-state index >= 15 is 0 Å². The molecule has 0 bridgehead atoms. The molecule has 1 aliphatic rings. The molecule has 0 aromatic heterocycles. The first-order chi connectivity index (χ1) is 9.83. The lowest BCUT2D eigenvalue weighted by Crippen LogP contribution is -2.27. The third-order valence-electron chi connectivity index (χ3n) is 3.78. The molecule has 1 aromatic rings. The first kappa shape index (κ1) is 15.1. The Labute approximate surface area is 123 Å². The van der Waals surface area contributed by atoms with Gasteiger partial charge in [0.1, 0.15) is 0 Å². The lowest BCUT2D eigenvalue weighted by molar-refractivity contribution is 0.285. The van der Waals surface area contributed by atoms with E-state index in [-0.39, 0.29) is 0 Å². The summed E-state index contributed by atoms with van der Waals surface area (Å²) >= 11 is 0. The molecule has 0 saturated heterocycles. The molecule has 0 aliphatic heterocycles. The van der Waals surface area contributed by atoms with Gasteiger partial charge in [-0.25, -0.2) is 0 Å². The Morgan fingerprint density at radius 2 is 2.05 bits per heavy atom. The van der Waals surface area contributed by atoms with Crippen molar-refractivity contribution in [2.75, 3.05) is 19.6 Å². The highest BCUT2D eigenvalue weighted by molar-refractivity contribution is 5.27. The Hall–Kier alpha value is -1.30. The average molecular weight is 270 g/mol. The van der Waals surface area contributed by atoms with Crippen molar-refractivity contribution in [3.8, 4) is 12.3 Å². The first-order valence-corrected chi connectivity index (χ1v) is 7.76. The molecular weight excluding hydrogens is 244 g/mol. The Balaban J connectivity index is 1.96. The molecule has 1 fully saturated rings. The molecular formula is C18H26N2. The summed E-state index contributed by atoms with van der Waals surface area (Å²) in [5.41, 5.74) is 2.81. The predicted octanol–water partition coefficient (Wildman–Crippen LogP) is 3.03. The molecule has 0 spiro atoms. The number of nitrogens with zero attached hydrogens (tertiary/aromatic N) is 1. The van der Waals surface area contributed by atoms with Gasteiger partial charge in [0.25, 0.3) is 0 Å². The number of terminal acetylenes is 1. The maximum absolute atomic E-state index is 5.51. The van der Waals surface area contributed by atoms with Crippen LogP contribution in [-0.2, 0) is 13.1 Å². The fourth-order valence-electron chi connectivity index (χ4n) is 2.50. The third kappa shape index (κ3) is 5.00. The lowest BCUT2D eigenvalue weighted by Gasteiger charge is -2.21. The van der Waals surface area contributed by atoms with E-state index in [9.17, 15) is 0 Å². The van der Waals surface area contributed by atoms with Gasteiger partial charge in [-0.2, -0.15) is 0 Å². The number of rotatable bonds is 9. The first-order valence-electron chi connectivity index (χ1n) is 7.76. The van der Waals surface area contributed by atoms with Crippen LogP contribution in [0.5, 0.6) is 0 Å². The highest BCUT2D eigenvalue weighted by atomic mass is 15.1. The summed E-state index contributed by atoms with van der Waals surface area (Å²) in [5, 5.41) is 3.49. The van der Waals surface area contributed by atoms with Crippen LogP contribution in [0.1, 0.15) is 37.3 Å². The normalized spacial score (nSPS) is 14.4. The molecule has 2 rings (SSSR count). The van der Waals surface area contributed by atoms with Gasteiger partial charge in [-0.15, -0.1) is 6.42 Å². The van der Waals surface area contributed by atoms with Gasteiger partial charge in [-0.3, -0.25) is 4.90 Å². The number of hydrogen-bond acceptors (Lipinski definition) is 2. The zero-order chi connectivity index (χ0) is 14.2. The lowest BCUT2D eigenvalue weighted by atomic mass is 10.1. The topological polar surface area (TPSA) is 15.3 Å². The van der Waals surface area contributed by atoms with Crippen molar-refractivity contribution >= 4 is 0 Å². The summed E-state index contributed by atoms with van der Waals surface area (Å²) in [6.45, 7) is 7.11. The largest absolute Gasteiger partial charge is 0.313 e. The summed E-state index contributed by atoms with van der Waals surface area (Å²) in [5.74, 6) is 3.69.